The van der Waals surface area contributed by atoms with Gasteiger partial charge in [-0.05, 0) is 50.7 Å². The lowest BCUT2D eigenvalue weighted by Gasteiger charge is -2.24. The highest BCUT2D eigenvalue weighted by Crippen LogP contribution is 2.20. The third-order valence-corrected chi connectivity index (χ3v) is 4.76. The summed E-state index contributed by atoms with van der Waals surface area (Å²) in [4.78, 5) is 28.2. The first-order valence-electron chi connectivity index (χ1n) is 9.70. The number of rotatable bonds is 10. The molecule has 2 aromatic carbocycles. The number of benzene rings is 2. The number of hydrogen-bond acceptors (Lipinski definition) is 4. The van der Waals surface area contributed by atoms with E-state index in [9.17, 15) is 9.59 Å². The first kappa shape index (κ1) is 22.7. The summed E-state index contributed by atoms with van der Waals surface area (Å²) in [5, 5.41) is 6.15. The van der Waals surface area contributed by atoms with Crippen LogP contribution < -0.4 is 15.5 Å². The molecule has 2 aromatic rings. The highest BCUT2D eigenvalue weighted by atomic mass is 35.5. The van der Waals surface area contributed by atoms with Crippen LogP contribution in [0.3, 0.4) is 0 Å². The Morgan fingerprint density at radius 1 is 1.03 bits per heavy atom. The number of carbonyl (C=O) groups is 2. The van der Waals surface area contributed by atoms with Gasteiger partial charge in [-0.3, -0.25) is 14.5 Å². The summed E-state index contributed by atoms with van der Waals surface area (Å²) in [6.07, 6.45) is 0. The number of amides is 2. The smallest absolute Gasteiger partial charge is 0.238 e. The average Bonchev–Trinajstić information content (AvgIpc) is 2.67. The second kappa shape index (κ2) is 11.4. The number of anilines is 2. The Balaban J connectivity index is 1.72. The fourth-order valence-electron chi connectivity index (χ4n) is 2.98. The Kier molecular flexibility index (Phi) is 8.96. The number of carbonyl (C=O) groups excluding carboxylic acids is 2. The van der Waals surface area contributed by atoms with Crippen LogP contribution in [0.4, 0.5) is 11.4 Å². The van der Waals surface area contributed by atoms with E-state index in [0.29, 0.717) is 17.3 Å². The Morgan fingerprint density at radius 3 is 2.45 bits per heavy atom. The number of aryl methyl sites for hydroxylation is 1. The topological polar surface area (TPSA) is 64.7 Å². The van der Waals surface area contributed by atoms with Crippen LogP contribution in [0.1, 0.15) is 12.5 Å². The summed E-state index contributed by atoms with van der Waals surface area (Å²) in [6, 6.07) is 15.4. The van der Waals surface area contributed by atoms with Crippen molar-refractivity contribution in [1.29, 1.82) is 0 Å². The second-order valence-electron chi connectivity index (χ2n) is 6.97. The number of likely N-dealkylation sites (N-methyl/N-ethyl adjacent to an activating group) is 2. The monoisotopic (exact) mass is 416 g/mol. The van der Waals surface area contributed by atoms with Crippen LogP contribution in [0.15, 0.2) is 48.5 Å². The van der Waals surface area contributed by atoms with Gasteiger partial charge in [-0.25, -0.2) is 0 Å². The van der Waals surface area contributed by atoms with Gasteiger partial charge in [-0.1, -0.05) is 35.9 Å². The molecule has 0 atom stereocenters. The zero-order valence-corrected chi connectivity index (χ0v) is 18.0. The average molecular weight is 417 g/mol. The highest BCUT2D eigenvalue weighted by Gasteiger charge is 2.12. The standard InChI is InChI=1S/C22H29ClN4O2/c1-4-27(18-9-7-8-17(2)14-18)13-12-24-21(28)15-26(3)16-22(29)25-20-11-6-5-10-19(20)23/h5-11,14H,4,12-13,15-16H2,1-3H3,(H,24,28)(H,25,29). The minimum atomic E-state index is -0.218. The van der Waals surface area contributed by atoms with Crippen molar-refractivity contribution in [3.05, 3.63) is 59.1 Å². The third kappa shape index (κ3) is 7.75. The number of para-hydroxylation sites is 1. The van der Waals surface area contributed by atoms with Crippen molar-refractivity contribution in [3.8, 4) is 0 Å². The van der Waals surface area contributed by atoms with E-state index in [4.69, 9.17) is 11.6 Å². The molecular formula is C22H29ClN4O2. The Hall–Kier alpha value is -2.57. The van der Waals surface area contributed by atoms with E-state index >= 15 is 0 Å². The Morgan fingerprint density at radius 2 is 1.76 bits per heavy atom. The second-order valence-corrected chi connectivity index (χ2v) is 7.38. The van der Waals surface area contributed by atoms with Crippen molar-refractivity contribution in [1.82, 2.24) is 10.2 Å². The quantitative estimate of drug-likeness (QED) is 0.624. The molecule has 0 aliphatic heterocycles. The van der Waals surface area contributed by atoms with Crippen LogP contribution in [0.5, 0.6) is 0 Å². The molecule has 2 rings (SSSR count). The van der Waals surface area contributed by atoms with Crippen molar-refractivity contribution in [2.75, 3.05) is 50.0 Å². The van der Waals surface area contributed by atoms with Crippen LogP contribution in [0.25, 0.3) is 0 Å². The van der Waals surface area contributed by atoms with Crippen LogP contribution >= 0.6 is 11.6 Å². The lowest BCUT2D eigenvalue weighted by atomic mass is 10.2. The van der Waals surface area contributed by atoms with Gasteiger partial charge in [0.2, 0.25) is 11.8 Å². The van der Waals surface area contributed by atoms with Gasteiger partial charge in [-0.2, -0.15) is 0 Å². The zero-order chi connectivity index (χ0) is 21.2. The molecule has 0 saturated heterocycles. The molecule has 2 N–H and O–H groups in total. The van der Waals surface area contributed by atoms with Gasteiger partial charge in [-0.15, -0.1) is 0 Å². The van der Waals surface area contributed by atoms with Gasteiger partial charge in [0, 0.05) is 25.3 Å². The molecule has 0 aromatic heterocycles. The van der Waals surface area contributed by atoms with Crippen LogP contribution in [0, 0.1) is 6.92 Å². The lowest BCUT2D eigenvalue weighted by molar-refractivity contribution is -0.122. The molecule has 0 aliphatic carbocycles. The maximum Gasteiger partial charge on any atom is 0.238 e. The summed E-state index contributed by atoms with van der Waals surface area (Å²) in [7, 11) is 1.73. The van der Waals surface area contributed by atoms with Gasteiger partial charge >= 0.3 is 0 Å². The van der Waals surface area contributed by atoms with E-state index in [-0.39, 0.29) is 24.9 Å². The van der Waals surface area contributed by atoms with E-state index in [0.717, 1.165) is 18.8 Å². The molecule has 0 heterocycles. The molecule has 0 fully saturated rings. The number of nitrogens with zero attached hydrogens (tertiary/aromatic N) is 2. The first-order valence-corrected chi connectivity index (χ1v) is 10.1. The molecule has 6 nitrogen and oxygen atoms in total. The number of nitrogens with one attached hydrogen (secondary N) is 2. The molecule has 0 aliphatic rings. The van der Waals surface area contributed by atoms with E-state index < -0.39 is 0 Å². The van der Waals surface area contributed by atoms with Gasteiger partial charge in [0.1, 0.15) is 0 Å². The fourth-order valence-corrected chi connectivity index (χ4v) is 3.16. The van der Waals surface area contributed by atoms with E-state index in [1.54, 1.807) is 36.2 Å². The number of hydrogen-bond donors (Lipinski definition) is 2. The first-order chi connectivity index (χ1) is 13.9. The molecule has 0 radical (unpaired) electrons. The predicted molar refractivity (Wildman–Crippen MR) is 120 cm³/mol. The van der Waals surface area contributed by atoms with Gasteiger partial charge in [0.05, 0.1) is 23.8 Å². The number of halogens is 1. The summed E-state index contributed by atoms with van der Waals surface area (Å²) in [5.74, 6) is -0.330. The largest absolute Gasteiger partial charge is 0.370 e. The molecule has 7 heteroatoms. The molecule has 29 heavy (non-hydrogen) atoms. The SMILES string of the molecule is CCN(CCNC(=O)CN(C)CC(=O)Nc1ccccc1Cl)c1cccc(C)c1. The molecule has 0 unspecified atom stereocenters. The Bertz CT molecular complexity index is 828. The van der Waals surface area contributed by atoms with E-state index in [2.05, 4.69) is 47.6 Å². The highest BCUT2D eigenvalue weighted by molar-refractivity contribution is 6.33. The van der Waals surface area contributed by atoms with Crippen molar-refractivity contribution in [2.45, 2.75) is 13.8 Å². The summed E-state index contributed by atoms with van der Waals surface area (Å²) in [5.41, 5.74) is 2.92. The third-order valence-electron chi connectivity index (χ3n) is 4.43. The van der Waals surface area contributed by atoms with Crippen molar-refractivity contribution in [2.24, 2.45) is 0 Å². The van der Waals surface area contributed by atoms with Crippen molar-refractivity contribution >= 4 is 34.8 Å². The minimum Gasteiger partial charge on any atom is -0.370 e. The minimum absolute atomic E-state index is 0.100. The lowest BCUT2D eigenvalue weighted by Crippen LogP contribution is -2.41. The van der Waals surface area contributed by atoms with Crippen LogP contribution in [-0.2, 0) is 9.59 Å². The summed E-state index contributed by atoms with van der Waals surface area (Å²) >= 11 is 6.04. The van der Waals surface area contributed by atoms with Crippen molar-refractivity contribution in [3.63, 3.8) is 0 Å². The maximum absolute atomic E-state index is 12.2. The van der Waals surface area contributed by atoms with Gasteiger partial charge in [0.25, 0.3) is 0 Å². The summed E-state index contributed by atoms with van der Waals surface area (Å²) in [6.45, 7) is 6.53. The fraction of sp³-hybridized carbons (Fsp3) is 0.364. The van der Waals surface area contributed by atoms with Crippen LogP contribution in [-0.4, -0.2) is 56.5 Å². The predicted octanol–water partition coefficient (Wildman–Crippen LogP) is 3.16. The van der Waals surface area contributed by atoms with Gasteiger partial charge in [0.15, 0.2) is 0 Å². The Labute approximate surface area is 177 Å². The van der Waals surface area contributed by atoms with Crippen molar-refractivity contribution < 1.29 is 9.59 Å². The molecule has 0 saturated carbocycles. The summed E-state index contributed by atoms with van der Waals surface area (Å²) < 4.78 is 0. The molecule has 0 bridgehead atoms. The molecule has 2 amide bonds. The zero-order valence-electron chi connectivity index (χ0n) is 17.2. The van der Waals surface area contributed by atoms with E-state index in [1.165, 1.54) is 5.56 Å². The maximum atomic E-state index is 12.2. The van der Waals surface area contributed by atoms with Gasteiger partial charge < -0.3 is 15.5 Å². The molecular weight excluding hydrogens is 388 g/mol. The molecule has 156 valence electrons. The van der Waals surface area contributed by atoms with Crippen LogP contribution in [0.2, 0.25) is 5.02 Å². The van der Waals surface area contributed by atoms with E-state index in [1.807, 2.05) is 6.07 Å². The normalized spacial score (nSPS) is 10.7. The molecule has 0 spiro atoms.